The van der Waals surface area contributed by atoms with E-state index in [2.05, 4.69) is 22.4 Å². The normalized spacial score (nSPS) is 24.5. The van der Waals surface area contributed by atoms with Crippen LogP contribution in [0.5, 0.6) is 0 Å². The molecular weight excluding hydrogens is 126 g/mol. The molecule has 1 N–H and O–H groups in total. The third-order valence-corrected chi connectivity index (χ3v) is 2.08. The molecule has 1 saturated carbocycles. The highest BCUT2D eigenvalue weighted by Gasteiger charge is 2.32. The fourth-order valence-electron chi connectivity index (χ4n) is 1.37. The topological polar surface area (TPSA) is 27.6 Å². The van der Waals surface area contributed by atoms with Crippen LogP contribution < -0.4 is 5.43 Å². The fourth-order valence-corrected chi connectivity index (χ4v) is 1.37. The van der Waals surface area contributed by atoms with Gasteiger partial charge >= 0.3 is 0 Å². The number of hydrazone groups is 1. The maximum atomic E-state index is 4.19. The second kappa shape index (κ2) is 2.15. The zero-order chi connectivity index (χ0) is 6.97. The Balaban J connectivity index is 2.01. The Kier molecular flexibility index (Phi) is 1.29. The SMILES string of the molecule is CCC1=NNCN1C1CC1. The van der Waals surface area contributed by atoms with Crippen LogP contribution in [0.15, 0.2) is 5.10 Å². The van der Waals surface area contributed by atoms with Crippen molar-refractivity contribution in [1.82, 2.24) is 10.3 Å². The molecule has 56 valence electrons. The Morgan fingerprint density at radius 3 is 3.10 bits per heavy atom. The zero-order valence-electron chi connectivity index (χ0n) is 6.30. The van der Waals surface area contributed by atoms with Crippen molar-refractivity contribution < 1.29 is 0 Å². The number of hydrogen-bond donors (Lipinski definition) is 1. The first-order valence-corrected chi connectivity index (χ1v) is 3.98. The molecule has 0 bridgehead atoms. The van der Waals surface area contributed by atoms with Crippen LogP contribution in [0, 0.1) is 0 Å². The molecule has 10 heavy (non-hydrogen) atoms. The van der Waals surface area contributed by atoms with Gasteiger partial charge in [-0.3, -0.25) is 5.43 Å². The van der Waals surface area contributed by atoms with E-state index in [0.717, 1.165) is 19.1 Å². The minimum atomic E-state index is 0.814. The monoisotopic (exact) mass is 139 g/mol. The first kappa shape index (κ1) is 6.01. The summed E-state index contributed by atoms with van der Waals surface area (Å²) in [6.07, 6.45) is 3.78. The second-order valence-electron chi connectivity index (χ2n) is 2.90. The Morgan fingerprint density at radius 2 is 2.50 bits per heavy atom. The van der Waals surface area contributed by atoms with E-state index in [1.165, 1.54) is 18.7 Å². The average molecular weight is 139 g/mol. The minimum absolute atomic E-state index is 0.814. The number of nitrogens with one attached hydrogen (secondary N) is 1. The van der Waals surface area contributed by atoms with Gasteiger partial charge in [0.25, 0.3) is 0 Å². The van der Waals surface area contributed by atoms with Crippen molar-refractivity contribution in [1.29, 1.82) is 0 Å². The molecule has 2 aliphatic rings. The van der Waals surface area contributed by atoms with Crippen molar-refractivity contribution >= 4 is 5.84 Å². The molecule has 0 spiro atoms. The van der Waals surface area contributed by atoms with Crippen LogP contribution in [0.1, 0.15) is 26.2 Å². The quantitative estimate of drug-likeness (QED) is 0.611. The number of amidine groups is 1. The van der Waals surface area contributed by atoms with Crippen LogP contribution in [0.25, 0.3) is 0 Å². The van der Waals surface area contributed by atoms with Gasteiger partial charge in [-0.2, -0.15) is 5.10 Å². The lowest BCUT2D eigenvalue weighted by molar-refractivity contribution is 0.411. The standard InChI is InChI=1S/C7H13N3/c1-2-7-9-8-5-10(7)6-3-4-6/h6,8H,2-5H2,1H3. The summed E-state index contributed by atoms with van der Waals surface area (Å²) >= 11 is 0. The molecule has 1 aliphatic carbocycles. The summed E-state index contributed by atoms with van der Waals surface area (Å²) in [6.45, 7) is 3.09. The van der Waals surface area contributed by atoms with Crippen LogP contribution in [0.3, 0.4) is 0 Å². The molecule has 0 unspecified atom stereocenters. The molecule has 0 amide bonds. The molecule has 0 aromatic carbocycles. The highest BCUT2D eigenvalue weighted by Crippen LogP contribution is 2.28. The molecule has 0 aromatic rings. The third kappa shape index (κ3) is 0.856. The molecule has 1 aliphatic heterocycles. The Hall–Kier alpha value is -0.730. The highest BCUT2D eigenvalue weighted by atomic mass is 15.5. The number of nitrogens with zero attached hydrogens (tertiary/aromatic N) is 2. The van der Waals surface area contributed by atoms with Gasteiger partial charge < -0.3 is 4.90 Å². The predicted molar refractivity (Wildman–Crippen MR) is 40.6 cm³/mol. The van der Waals surface area contributed by atoms with Crippen LogP contribution in [-0.4, -0.2) is 23.4 Å². The lowest BCUT2D eigenvalue weighted by Crippen LogP contribution is -2.30. The van der Waals surface area contributed by atoms with Gasteiger partial charge in [-0.15, -0.1) is 0 Å². The van der Waals surface area contributed by atoms with E-state index in [1.54, 1.807) is 0 Å². The van der Waals surface area contributed by atoms with Gasteiger partial charge in [-0.05, 0) is 12.8 Å². The average Bonchev–Trinajstić information content (AvgIpc) is 2.69. The van der Waals surface area contributed by atoms with Gasteiger partial charge in [-0.1, -0.05) is 6.92 Å². The number of rotatable bonds is 2. The van der Waals surface area contributed by atoms with Crippen LogP contribution in [0.4, 0.5) is 0 Å². The molecular formula is C7H13N3. The van der Waals surface area contributed by atoms with E-state index in [0.29, 0.717) is 0 Å². The summed E-state index contributed by atoms with van der Waals surface area (Å²) in [6, 6.07) is 0.814. The summed E-state index contributed by atoms with van der Waals surface area (Å²) in [5.74, 6) is 1.24. The van der Waals surface area contributed by atoms with E-state index in [-0.39, 0.29) is 0 Å². The van der Waals surface area contributed by atoms with E-state index >= 15 is 0 Å². The first-order valence-electron chi connectivity index (χ1n) is 3.98. The highest BCUT2D eigenvalue weighted by molar-refractivity contribution is 5.83. The van der Waals surface area contributed by atoms with Crippen molar-refractivity contribution in [3.05, 3.63) is 0 Å². The summed E-state index contributed by atoms with van der Waals surface area (Å²) < 4.78 is 0. The molecule has 3 heteroatoms. The van der Waals surface area contributed by atoms with Gasteiger partial charge in [0.2, 0.25) is 0 Å². The molecule has 0 radical (unpaired) electrons. The molecule has 1 heterocycles. The van der Waals surface area contributed by atoms with Gasteiger partial charge in [0.1, 0.15) is 12.5 Å². The second-order valence-corrected chi connectivity index (χ2v) is 2.90. The maximum Gasteiger partial charge on any atom is 0.126 e. The number of hydrogen-bond acceptors (Lipinski definition) is 3. The lowest BCUT2D eigenvalue weighted by atomic mass is 10.4. The molecule has 0 atom stereocenters. The summed E-state index contributed by atoms with van der Waals surface area (Å²) in [5.41, 5.74) is 3.01. The van der Waals surface area contributed by atoms with Crippen LogP contribution in [0.2, 0.25) is 0 Å². The van der Waals surface area contributed by atoms with E-state index in [4.69, 9.17) is 0 Å². The minimum Gasteiger partial charge on any atom is -0.337 e. The van der Waals surface area contributed by atoms with Crippen LogP contribution >= 0.6 is 0 Å². The zero-order valence-corrected chi connectivity index (χ0v) is 6.30. The Bertz CT molecular complexity index is 160. The van der Waals surface area contributed by atoms with Crippen molar-refractivity contribution in [2.45, 2.75) is 32.2 Å². The first-order chi connectivity index (χ1) is 4.92. The summed E-state index contributed by atoms with van der Waals surface area (Å²) in [5, 5.41) is 4.19. The van der Waals surface area contributed by atoms with E-state index in [9.17, 15) is 0 Å². The fraction of sp³-hybridized carbons (Fsp3) is 0.857. The van der Waals surface area contributed by atoms with Crippen molar-refractivity contribution in [3.8, 4) is 0 Å². The molecule has 0 aromatic heterocycles. The Labute approximate surface area is 61.1 Å². The maximum absolute atomic E-state index is 4.19. The largest absolute Gasteiger partial charge is 0.337 e. The Morgan fingerprint density at radius 1 is 1.70 bits per heavy atom. The molecule has 1 fully saturated rings. The van der Waals surface area contributed by atoms with Crippen molar-refractivity contribution in [3.63, 3.8) is 0 Å². The van der Waals surface area contributed by atoms with E-state index in [1.807, 2.05) is 0 Å². The van der Waals surface area contributed by atoms with Crippen LogP contribution in [-0.2, 0) is 0 Å². The molecule has 3 nitrogen and oxygen atoms in total. The van der Waals surface area contributed by atoms with Gasteiger partial charge in [0.15, 0.2) is 0 Å². The summed E-state index contributed by atoms with van der Waals surface area (Å²) in [7, 11) is 0. The van der Waals surface area contributed by atoms with Gasteiger partial charge in [-0.25, -0.2) is 0 Å². The molecule has 2 rings (SSSR count). The van der Waals surface area contributed by atoms with Crippen molar-refractivity contribution in [2.24, 2.45) is 5.10 Å². The summed E-state index contributed by atoms with van der Waals surface area (Å²) in [4.78, 5) is 2.38. The van der Waals surface area contributed by atoms with Gasteiger partial charge in [0.05, 0.1) is 0 Å². The van der Waals surface area contributed by atoms with Gasteiger partial charge in [0, 0.05) is 12.5 Å². The smallest absolute Gasteiger partial charge is 0.126 e. The van der Waals surface area contributed by atoms with E-state index < -0.39 is 0 Å². The predicted octanol–water partition coefficient (Wildman–Crippen LogP) is 0.735. The molecule has 0 saturated heterocycles. The third-order valence-electron chi connectivity index (χ3n) is 2.08. The van der Waals surface area contributed by atoms with Crippen molar-refractivity contribution in [2.75, 3.05) is 6.67 Å². The lowest BCUT2D eigenvalue weighted by Gasteiger charge is -2.16.